The van der Waals surface area contributed by atoms with Gasteiger partial charge in [-0.15, -0.1) is 0 Å². The van der Waals surface area contributed by atoms with Crippen LogP contribution in [0.5, 0.6) is 5.75 Å². The Morgan fingerprint density at radius 2 is 2.31 bits per heavy atom. The molecule has 134 valence electrons. The zero-order valence-corrected chi connectivity index (χ0v) is 14.6. The minimum atomic E-state index is -0.0599. The molecule has 1 aliphatic rings. The van der Waals surface area contributed by atoms with Crippen LogP contribution in [-0.2, 0) is 0 Å². The molecule has 0 bridgehead atoms. The van der Waals surface area contributed by atoms with E-state index in [-0.39, 0.29) is 11.8 Å². The van der Waals surface area contributed by atoms with Crippen molar-refractivity contribution in [2.45, 2.75) is 19.3 Å². The van der Waals surface area contributed by atoms with Crippen molar-refractivity contribution >= 4 is 5.91 Å². The van der Waals surface area contributed by atoms with Crippen molar-refractivity contribution in [1.29, 1.82) is 0 Å². The van der Waals surface area contributed by atoms with Crippen molar-refractivity contribution in [3.8, 4) is 17.0 Å². The van der Waals surface area contributed by atoms with E-state index in [1.807, 2.05) is 24.3 Å². The number of aromatic amines is 1. The molecule has 3 aromatic rings. The summed E-state index contributed by atoms with van der Waals surface area (Å²) in [6, 6.07) is 7.53. The lowest BCUT2D eigenvalue weighted by Crippen LogP contribution is -2.28. The van der Waals surface area contributed by atoms with E-state index in [9.17, 15) is 4.79 Å². The van der Waals surface area contributed by atoms with Crippen molar-refractivity contribution in [2.75, 3.05) is 20.2 Å². The largest absolute Gasteiger partial charge is 0.497 e. The van der Waals surface area contributed by atoms with E-state index in [2.05, 4.69) is 20.3 Å². The third kappa shape index (κ3) is 2.94. The SMILES string of the molecule is COc1cccc(-c2[nH]ncc2C(=O)N2CC[C@H](c3nc(C)no3)C2)c1. The lowest BCUT2D eigenvalue weighted by atomic mass is 10.1. The molecule has 1 amide bonds. The number of nitrogens with zero attached hydrogens (tertiary/aromatic N) is 4. The average molecular weight is 353 g/mol. The molecule has 1 saturated heterocycles. The summed E-state index contributed by atoms with van der Waals surface area (Å²) in [7, 11) is 1.61. The number of amides is 1. The molecule has 26 heavy (non-hydrogen) atoms. The zero-order valence-electron chi connectivity index (χ0n) is 14.6. The maximum Gasteiger partial charge on any atom is 0.257 e. The Morgan fingerprint density at radius 3 is 3.08 bits per heavy atom. The summed E-state index contributed by atoms with van der Waals surface area (Å²) in [6.45, 7) is 2.99. The molecule has 2 aromatic heterocycles. The van der Waals surface area contributed by atoms with Crippen LogP contribution >= 0.6 is 0 Å². The highest BCUT2D eigenvalue weighted by Crippen LogP contribution is 2.30. The molecule has 1 fully saturated rings. The first-order valence-electron chi connectivity index (χ1n) is 8.43. The van der Waals surface area contributed by atoms with Gasteiger partial charge in [-0.25, -0.2) is 0 Å². The Bertz CT molecular complexity index is 932. The van der Waals surface area contributed by atoms with Gasteiger partial charge in [0, 0.05) is 18.7 Å². The summed E-state index contributed by atoms with van der Waals surface area (Å²) in [5, 5.41) is 10.8. The number of hydrogen-bond acceptors (Lipinski definition) is 6. The number of aromatic nitrogens is 4. The highest BCUT2D eigenvalue weighted by atomic mass is 16.5. The van der Waals surface area contributed by atoms with Gasteiger partial charge in [-0.2, -0.15) is 10.1 Å². The first kappa shape index (κ1) is 16.3. The van der Waals surface area contributed by atoms with Crippen molar-refractivity contribution in [2.24, 2.45) is 0 Å². The van der Waals surface area contributed by atoms with Gasteiger partial charge in [0.2, 0.25) is 5.89 Å². The fourth-order valence-electron chi connectivity index (χ4n) is 3.24. The van der Waals surface area contributed by atoms with E-state index in [0.29, 0.717) is 36.1 Å². The smallest absolute Gasteiger partial charge is 0.257 e. The maximum absolute atomic E-state index is 13.0. The van der Waals surface area contributed by atoms with E-state index < -0.39 is 0 Å². The predicted octanol–water partition coefficient (Wildman–Crippen LogP) is 2.41. The van der Waals surface area contributed by atoms with Crippen LogP contribution in [0.4, 0.5) is 0 Å². The van der Waals surface area contributed by atoms with E-state index in [0.717, 1.165) is 17.7 Å². The molecule has 1 atom stereocenters. The minimum absolute atomic E-state index is 0.0599. The van der Waals surface area contributed by atoms with Gasteiger partial charge in [-0.1, -0.05) is 17.3 Å². The van der Waals surface area contributed by atoms with Gasteiger partial charge < -0.3 is 14.2 Å². The topological polar surface area (TPSA) is 97.1 Å². The lowest BCUT2D eigenvalue weighted by Gasteiger charge is -2.16. The first-order chi connectivity index (χ1) is 12.7. The lowest BCUT2D eigenvalue weighted by molar-refractivity contribution is 0.0790. The second-order valence-corrected chi connectivity index (χ2v) is 6.31. The van der Waals surface area contributed by atoms with Crippen molar-refractivity contribution < 1.29 is 14.1 Å². The molecule has 8 heteroatoms. The Hall–Kier alpha value is -3.16. The maximum atomic E-state index is 13.0. The van der Waals surface area contributed by atoms with Gasteiger partial charge in [-0.05, 0) is 25.5 Å². The Kier molecular flexibility index (Phi) is 4.16. The second kappa shape index (κ2) is 6.62. The zero-order chi connectivity index (χ0) is 18.1. The molecule has 0 radical (unpaired) electrons. The molecule has 1 aromatic carbocycles. The third-order valence-electron chi connectivity index (χ3n) is 4.60. The van der Waals surface area contributed by atoms with Gasteiger partial charge >= 0.3 is 0 Å². The normalized spacial score (nSPS) is 16.8. The third-order valence-corrected chi connectivity index (χ3v) is 4.60. The summed E-state index contributed by atoms with van der Waals surface area (Å²) in [4.78, 5) is 19.1. The molecular weight excluding hydrogens is 334 g/mol. The second-order valence-electron chi connectivity index (χ2n) is 6.31. The Morgan fingerprint density at radius 1 is 1.42 bits per heavy atom. The quantitative estimate of drug-likeness (QED) is 0.773. The van der Waals surface area contributed by atoms with Crippen LogP contribution in [0.15, 0.2) is 35.0 Å². The van der Waals surface area contributed by atoms with Gasteiger partial charge in [-0.3, -0.25) is 9.89 Å². The standard InChI is InChI=1S/C18H19N5O3/c1-11-20-17(26-22-11)13-6-7-23(10-13)18(24)15-9-19-21-16(15)12-4-3-5-14(8-12)25-2/h3-5,8-9,13H,6-7,10H2,1-2H3,(H,19,21)/t13-/m0/s1. The van der Waals surface area contributed by atoms with Crippen LogP contribution in [0.2, 0.25) is 0 Å². The number of aryl methyl sites for hydroxylation is 1. The number of benzene rings is 1. The number of carbonyl (C=O) groups excluding carboxylic acids is 1. The van der Waals surface area contributed by atoms with Crippen LogP contribution < -0.4 is 4.74 Å². The van der Waals surface area contributed by atoms with Gasteiger partial charge in [0.25, 0.3) is 5.91 Å². The molecule has 0 aliphatic carbocycles. The van der Waals surface area contributed by atoms with Crippen molar-refractivity contribution in [3.05, 3.63) is 47.7 Å². The summed E-state index contributed by atoms with van der Waals surface area (Å²) in [6.07, 6.45) is 2.38. The Balaban J connectivity index is 1.55. The molecule has 0 spiro atoms. The van der Waals surface area contributed by atoms with E-state index in [1.54, 1.807) is 25.1 Å². The summed E-state index contributed by atoms with van der Waals surface area (Å²) < 4.78 is 10.5. The van der Waals surface area contributed by atoms with Crippen LogP contribution in [0.3, 0.4) is 0 Å². The fourth-order valence-corrected chi connectivity index (χ4v) is 3.24. The van der Waals surface area contributed by atoms with Crippen molar-refractivity contribution in [3.63, 3.8) is 0 Å². The summed E-state index contributed by atoms with van der Waals surface area (Å²) in [5.41, 5.74) is 2.08. The van der Waals surface area contributed by atoms with Crippen LogP contribution in [0.1, 0.15) is 34.4 Å². The van der Waals surface area contributed by atoms with Crippen LogP contribution in [0, 0.1) is 6.92 Å². The molecular formula is C18H19N5O3. The molecule has 1 aliphatic heterocycles. The van der Waals surface area contributed by atoms with E-state index >= 15 is 0 Å². The number of H-pyrrole nitrogens is 1. The van der Waals surface area contributed by atoms with Crippen LogP contribution in [-0.4, -0.2) is 51.3 Å². The predicted molar refractivity (Wildman–Crippen MR) is 92.9 cm³/mol. The number of methoxy groups -OCH3 is 1. The number of likely N-dealkylation sites (tertiary alicyclic amines) is 1. The first-order valence-corrected chi connectivity index (χ1v) is 8.43. The molecule has 0 saturated carbocycles. The van der Waals surface area contributed by atoms with Crippen LogP contribution in [0.25, 0.3) is 11.3 Å². The number of hydrogen-bond donors (Lipinski definition) is 1. The molecule has 8 nitrogen and oxygen atoms in total. The molecule has 4 rings (SSSR count). The summed E-state index contributed by atoms with van der Waals surface area (Å²) in [5.74, 6) is 1.95. The van der Waals surface area contributed by atoms with E-state index in [1.165, 1.54) is 0 Å². The Labute approximate surface area is 150 Å². The molecule has 3 heterocycles. The summed E-state index contributed by atoms with van der Waals surface area (Å²) >= 11 is 0. The van der Waals surface area contributed by atoms with Gasteiger partial charge in [0.05, 0.1) is 30.5 Å². The highest BCUT2D eigenvalue weighted by molar-refractivity contribution is 6.00. The average Bonchev–Trinajstić information content (AvgIpc) is 3.41. The highest BCUT2D eigenvalue weighted by Gasteiger charge is 2.32. The fraction of sp³-hybridized carbons (Fsp3) is 0.333. The molecule has 1 N–H and O–H groups in total. The monoisotopic (exact) mass is 353 g/mol. The number of nitrogens with one attached hydrogen (secondary N) is 1. The number of ether oxygens (including phenoxy) is 1. The number of carbonyl (C=O) groups is 1. The van der Waals surface area contributed by atoms with Gasteiger partial charge in [0.1, 0.15) is 5.75 Å². The van der Waals surface area contributed by atoms with Crippen molar-refractivity contribution in [1.82, 2.24) is 25.2 Å². The van der Waals surface area contributed by atoms with E-state index in [4.69, 9.17) is 9.26 Å². The minimum Gasteiger partial charge on any atom is -0.497 e. The molecule has 0 unspecified atom stereocenters. The number of rotatable bonds is 4. The van der Waals surface area contributed by atoms with Gasteiger partial charge in [0.15, 0.2) is 5.82 Å².